The number of fused-ring (bicyclic) bond motifs is 1. The van der Waals surface area contributed by atoms with E-state index in [1.165, 1.54) is 11.3 Å². The topological polar surface area (TPSA) is 88.4 Å². The predicted octanol–water partition coefficient (Wildman–Crippen LogP) is 5.31. The zero-order chi connectivity index (χ0) is 31.2. The SMILES string of the molecule is COc1cc(C=c2sc3n(c2=O)C(c2ccccc2)C(C(=O)Oc2ccccc2)=C(C)N=3)ccc1OCCOc1ccccc1. The van der Waals surface area contributed by atoms with Gasteiger partial charge >= 0.3 is 5.97 Å². The highest BCUT2D eigenvalue weighted by molar-refractivity contribution is 7.07. The molecule has 0 saturated heterocycles. The number of esters is 1. The maximum atomic E-state index is 14.0. The molecule has 1 aliphatic heterocycles. The van der Waals surface area contributed by atoms with Crippen LogP contribution in [0.4, 0.5) is 0 Å². The largest absolute Gasteiger partial charge is 0.493 e. The van der Waals surface area contributed by atoms with Crippen molar-refractivity contribution in [1.29, 1.82) is 0 Å². The molecule has 6 rings (SSSR count). The summed E-state index contributed by atoms with van der Waals surface area (Å²) in [6, 6.07) is 32.6. The second-order valence-corrected chi connectivity index (χ2v) is 11.1. The van der Waals surface area contributed by atoms with Gasteiger partial charge in [-0.1, -0.05) is 84.1 Å². The minimum Gasteiger partial charge on any atom is -0.493 e. The zero-order valence-electron chi connectivity index (χ0n) is 24.7. The molecule has 4 aromatic carbocycles. The summed E-state index contributed by atoms with van der Waals surface area (Å²) < 4.78 is 25.0. The summed E-state index contributed by atoms with van der Waals surface area (Å²) in [6.07, 6.45) is 1.79. The van der Waals surface area contributed by atoms with Gasteiger partial charge in [-0.05, 0) is 60.5 Å². The fourth-order valence-electron chi connectivity index (χ4n) is 5.06. The molecule has 1 atom stereocenters. The number of allylic oxidation sites excluding steroid dienone is 1. The monoisotopic (exact) mass is 618 g/mol. The summed E-state index contributed by atoms with van der Waals surface area (Å²) in [7, 11) is 1.57. The van der Waals surface area contributed by atoms with Crippen molar-refractivity contribution in [3.05, 3.63) is 151 Å². The molecule has 0 N–H and O–H groups in total. The van der Waals surface area contributed by atoms with E-state index >= 15 is 0 Å². The molecule has 5 aromatic rings. The summed E-state index contributed by atoms with van der Waals surface area (Å²) >= 11 is 1.26. The normalized spacial score (nSPS) is 14.4. The van der Waals surface area contributed by atoms with E-state index in [2.05, 4.69) is 4.99 Å². The molecule has 0 amide bonds. The molecular weight excluding hydrogens is 588 g/mol. The Kier molecular flexibility index (Phi) is 8.89. The summed E-state index contributed by atoms with van der Waals surface area (Å²) in [5.41, 5.74) is 2.07. The van der Waals surface area contributed by atoms with Crippen molar-refractivity contribution >= 4 is 23.4 Å². The van der Waals surface area contributed by atoms with Gasteiger partial charge in [0.05, 0.1) is 29.0 Å². The van der Waals surface area contributed by atoms with Crippen molar-refractivity contribution in [2.45, 2.75) is 13.0 Å². The number of rotatable bonds is 10. The molecule has 226 valence electrons. The summed E-state index contributed by atoms with van der Waals surface area (Å²) in [5, 5.41) is 0. The van der Waals surface area contributed by atoms with Crippen LogP contribution in [0.5, 0.6) is 23.0 Å². The smallest absolute Gasteiger partial charge is 0.343 e. The number of para-hydroxylation sites is 2. The third kappa shape index (κ3) is 6.58. The second-order valence-electron chi connectivity index (χ2n) is 10.1. The van der Waals surface area contributed by atoms with Crippen molar-refractivity contribution in [3.8, 4) is 23.0 Å². The first-order valence-electron chi connectivity index (χ1n) is 14.4. The lowest BCUT2D eigenvalue weighted by Gasteiger charge is -2.24. The van der Waals surface area contributed by atoms with Crippen LogP contribution in [-0.4, -0.2) is 30.9 Å². The van der Waals surface area contributed by atoms with Gasteiger partial charge in [0.2, 0.25) is 0 Å². The third-order valence-electron chi connectivity index (χ3n) is 7.15. The highest BCUT2D eigenvalue weighted by atomic mass is 32.1. The van der Waals surface area contributed by atoms with E-state index in [0.29, 0.717) is 51.1 Å². The highest BCUT2D eigenvalue weighted by Crippen LogP contribution is 2.31. The van der Waals surface area contributed by atoms with E-state index in [1.807, 2.05) is 78.9 Å². The van der Waals surface area contributed by atoms with Crippen LogP contribution in [-0.2, 0) is 4.79 Å². The van der Waals surface area contributed by atoms with Gasteiger partial charge in [0.25, 0.3) is 5.56 Å². The number of nitrogens with zero attached hydrogens (tertiary/aromatic N) is 2. The average Bonchev–Trinajstić information content (AvgIpc) is 3.37. The molecule has 45 heavy (non-hydrogen) atoms. The predicted molar refractivity (Wildman–Crippen MR) is 173 cm³/mol. The lowest BCUT2D eigenvalue weighted by Crippen LogP contribution is -2.40. The van der Waals surface area contributed by atoms with Crippen LogP contribution in [0.2, 0.25) is 0 Å². The van der Waals surface area contributed by atoms with Gasteiger partial charge in [0, 0.05) is 0 Å². The Hall–Kier alpha value is -5.41. The Balaban J connectivity index is 1.30. The van der Waals surface area contributed by atoms with Crippen molar-refractivity contribution in [2.24, 2.45) is 4.99 Å². The first-order valence-corrected chi connectivity index (χ1v) is 15.2. The summed E-state index contributed by atoms with van der Waals surface area (Å²) in [5.74, 6) is 1.72. The van der Waals surface area contributed by atoms with Crippen LogP contribution in [0.25, 0.3) is 6.08 Å². The van der Waals surface area contributed by atoms with E-state index in [9.17, 15) is 9.59 Å². The molecule has 1 aliphatic rings. The molecule has 0 saturated carbocycles. The lowest BCUT2D eigenvalue weighted by atomic mass is 9.96. The van der Waals surface area contributed by atoms with Crippen molar-refractivity contribution < 1.29 is 23.7 Å². The quantitative estimate of drug-likeness (QED) is 0.120. The van der Waals surface area contributed by atoms with E-state index in [-0.39, 0.29) is 5.56 Å². The minimum absolute atomic E-state index is 0.262. The highest BCUT2D eigenvalue weighted by Gasteiger charge is 2.33. The zero-order valence-corrected chi connectivity index (χ0v) is 25.5. The number of carbonyl (C=O) groups excluding carboxylic acids is 1. The molecule has 0 spiro atoms. The van der Waals surface area contributed by atoms with Gasteiger partial charge in [-0.15, -0.1) is 0 Å². The molecule has 0 fully saturated rings. The van der Waals surface area contributed by atoms with Gasteiger partial charge in [-0.2, -0.15) is 0 Å². The molecule has 9 heteroatoms. The van der Waals surface area contributed by atoms with Crippen LogP contribution in [0.1, 0.15) is 24.1 Å². The van der Waals surface area contributed by atoms with Crippen LogP contribution in [0, 0.1) is 0 Å². The number of benzene rings is 4. The third-order valence-corrected chi connectivity index (χ3v) is 8.13. The molecular formula is C36H30N2O6S. The van der Waals surface area contributed by atoms with Crippen molar-refractivity contribution in [3.63, 3.8) is 0 Å². The minimum atomic E-state index is -0.704. The molecule has 2 heterocycles. The number of carbonyl (C=O) groups is 1. The second kappa shape index (κ2) is 13.5. The van der Waals surface area contributed by atoms with E-state index in [1.54, 1.807) is 55.0 Å². The number of hydrogen-bond acceptors (Lipinski definition) is 8. The first-order chi connectivity index (χ1) is 22.0. The van der Waals surface area contributed by atoms with E-state index in [0.717, 1.165) is 16.9 Å². The number of methoxy groups -OCH3 is 1. The van der Waals surface area contributed by atoms with Crippen LogP contribution < -0.4 is 33.8 Å². The van der Waals surface area contributed by atoms with Crippen LogP contribution >= 0.6 is 11.3 Å². The Morgan fingerprint density at radius 2 is 1.49 bits per heavy atom. The maximum Gasteiger partial charge on any atom is 0.343 e. The Morgan fingerprint density at radius 3 is 2.18 bits per heavy atom. The Morgan fingerprint density at radius 1 is 0.844 bits per heavy atom. The van der Waals surface area contributed by atoms with Gasteiger partial charge < -0.3 is 18.9 Å². The van der Waals surface area contributed by atoms with E-state index in [4.69, 9.17) is 18.9 Å². The molecule has 0 radical (unpaired) electrons. The number of thiazole rings is 1. The van der Waals surface area contributed by atoms with Gasteiger partial charge in [-0.25, -0.2) is 9.79 Å². The molecule has 0 bridgehead atoms. The maximum absolute atomic E-state index is 14.0. The fraction of sp³-hybridized carbons (Fsp3) is 0.139. The van der Waals surface area contributed by atoms with Crippen LogP contribution in [0.15, 0.2) is 130 Å². The van der Waals surface area contributed by atoms with E-state index < -0.39 is 12.0 Å². The van der Waals surface area contributed by atoms with Crippen molar-refractivity contribution in [1.82, 2.24) is 4.57 Å². The standard InChI is InChI=1S/C36H30N2O6S/c1-24-32(35(40)44-28-16-10-5-11-17-28)33(26-12-6-3-7-13-26)38-34(39)31(45-36(38)37-24)23-25-18-19-29(30(22-25)41-2)43-21-20-42-27-14-8-4-9-15-27/h3-19,22-23,33H,20-21H2,1-2H3. The van der Waals surface area contributed by atoms with Gasteiger partial charge in [0.1, 0.15) is 24.7 Å². The lowest BCUT2D eigenvalue weighted by molar-refractivity contribution is -0.130. The molecule has 0 aliphatic carbocycles. The average molecular weight is 619 g/mol. The summed E-state index contributed by atoms with van der Waals surface area (Å²) in [4.78, 5) is 32.7. The van der Waals surface area contributed by atoms with Crippen LogP contribution in [0.3, 0.4) is 0 Å². The first kappa shape index (κ1) is 29.7. The number of hydrogen-bond donors (Lipinski definition) is 0. The summed E-state index contributed by atoms with van der Waals surface area (Å²) in [6.45, 7) is 2.47. The fourth-order valence-corrected chi connectivity index (χ4v) is 6.10. The number of aromatic nitrogens is 1. The van der Waals surface area contributed by atoms with Crippen molar-refractivity contribution in [2.75, 3.05) is 20.3 Å². The Labute approximate surface area is 263 Å². The molecule has 1 aromatic heterocycles. The number of ether oxygens (including phenoxy) is 4. The van der Waals surface area contributed by atoms with Gasteiger partial charge in [0.15, 0.2) is 16.3 Å². The molecule has 1 unspecified atom stereocenters. The molecule has 8 nitrogen and oxygen atoms in total. The van der Waals surface area contributed by atoms with Gasteiger partial charge in [-0.3, -0.25) is 9.36 Å². The Bertz CT molecular complexity index is 2020.